The summed E-state index contributed by atoms with van der Waals surface area (Å²) in [4.78, 5) is 28.0. The minimum atomic E-state index is -0.356. The Hall–Kier alpha value is -2.28. The molecule has 0 saturated heterocycles. The summed E-state index contributed by atoms with van der Waals surface area (Å²) in [5.74, 6) is -1.09. The van der Waals surface area contributed by atoms with E-state index in [1.807, 2.05) is 5.38 Å². The van der Waals surface area contributed by atoms with Crippen LogP contribution >= 0.6 is 11.3 Å². The van der Waals surface area contributed by atoms with Crippen LogP contribution in [0.15, 0.2) is 29.6 Å². The van der Waals surface area contributed by atoms with Crippen LogP contribution in [0.3, 0.4) is 0 Å². The van der Waals surface area contributed by atoms with Crippen molar-refractivity contribution in [2.24, 2.45) is 11.7 Å². The van der Waals surface area contributed by atoms with Gasteiger partial charge in [0.2, 0.25) is 11.8 Å². The molecule has 2 aromatic rings. The number of nitrogens with two attached hydrogens (primary N) is 1. The van der Waals surface area contributed by atoms with Crippen LogP contribution < -0.4 is 11.1 Å². The molecule has 0 bridgehead atoms. The average molecular weight is 347 g/mol. The third-order valence-corrected chi connectivity index (χ3v) is 5.08. The Bertz CT molecular complexity index is 745. The molecule has 7 heteroatoms. The molecule has 1 heterocycles. The number of carbonyl (C=O) groups excluding carboxylic acids is 2. The van der Waals surface area contributed by atoms with E-state index in [0.717, 1.165) is 30.5 Å². The minimum Gasteiger partial charge on any atom is -0.369 e. The van der Waals surface area contributed by atoms with Crippen LogP contribution in [-0.4, -0.2) is 22.8 Å². The number of hydrogen-bond donors (Lipinski definition) is 2. The number of carbonyl (C=O) groups is 2. The minimum absolute atomic E-state index is 0.159. The first-order valence-corrected chi connectivity index (χ1v) is 8.70. The summed E-state index contributed by atoms with van der Waals surface area (Å²) < 4.78 is 13.0. The second kappa shape index (κ2) is 7.09. The Kier molecular flexibility index (Phi) is 4.89. The van der Waals surface area contributed by atoms with E-state index in [1.165, 1.54) is 23.5 Å². The lowest BCUT2D eigenvalue weighted by Crippen LogP contribution is -2.42. The second-order valence-electron chi connectivity index (χ2n) is 5.92. The molecule has 3 rings (SSSR count). The quantitative estimate of drug-likeness (QED) is 0.870. The maximum absolute atomic E-state index is 13.0. The van der Waals surface area contributed by atoms with Gasteiger partial charge in [0, 0.05) is 17.0 Å². The van der Waals surface area contributed by atoms with Gasteiger partial charge in [-0.25, -0.2) is 9.37 Å². The Morgan fingerprint density at radius 2 is 2.04 bits per heavy atom. The SMILES string of the molecule is NC(=O)C1CCCC1NC(=O)Cc1nc(-c2ccc(F)cc2)cs1. The van der Waals surface area contributed by atoms with Crippen molar-refractivity contribution in [1.29, 1.82) is 0 Å². The standard InChI is InChI=1S/C17H18FN3O2S/c18-11-6-4-10(5-7-11)14-9-24-16(21-14)8-15(22)20-13-3-1-2-12(13)17(19)23/h4-7,9,12-13H,1-3,8H2,(H2,19,23)(H,20,22). The summed E-state index contributed by atoms with van der Waals surface area (Å²) in [6, 6.07) is 5.90. The molecule has 1 aromatic heterocycles. The summed E-state index contributed by atoms with van der Waals surface area (Å²) in [6.07, 6.45) is 2.56. The van der Waals surface area contributed by atoms with Crippen LogP contribution in [-0.2, 0) is 16.0 Å². The zero-order chi connectivity index (χ0) is 17.1. The van der Waals surface area contributed by atoms with Crippen LogP contribution in [0.5, 0.6) is 0 Å². The van der Waals surface area contributed by atoms with E-state index in [1.54, 1.807) is 12.1 Å². The topological polar surface area (TPSA) is 85.1 Å². The zero-order valence-corrected chi connectivity index (χ0v) is 13.8. The van der Waals surface area contributed by atoms with Crippen molar-refractivity contribution in [2.75, 3.05) is 0 Å². The lowest BCUT2D eigenvalue weighted by molar-refractivity contribution is -0.124. The highest BCUT2D eigenvalue weighted by Crippen LogP contribution is 2.26. The normalized spacial score (nSPS) is 20.0. The van der Waals surface area contributed by atoms with Gasteiger partial charge in [0.25, 0.3) is 0 Å². The molecule has 24 heavy (non-hydrogen) atoms. The average Bonchev–Trinajstić information content (AvgIpc) is 3.17. The van der Waals surface area contributed by atoms with Crippen molar-refractivity contribution < 1.29 is 14.0 Å². The van der Waals surface area contributed by atoms with E-state index in [2.05, 4.69) is 10.3 Å². The number of halogens is 1. The molecule has 0 radical (unpaired) electrons. The molecule has 1 saturated carbocycles. The number of nitrogens with one attached hydrogen (secondary N) is 1. The van der Waals surface area contributed by atoms with E-state index < -0.39 is 0 Å². The molecule has 2 unspecified atom stereocenters. The van der Waals surface area contributed by atoms with Crippen molar-refractivity contribution in [1.82, 2.24) is 10.3 Å². The Morgan fingerprint density at radius 1 is 1.29 bits per heavy atom. The van der Waals surface area contributed by atoms with Gasteiger partial charge in [0.1, 0.15) is 10.8 Å². The largest absolute Gasteiger partial charge is 0.369 e. The monoisotopic (exact) mass is 347 g/mol. The van der Waals surface area contributed by atoms with Gasteiger partial charge in [-0.3, -0.25) is 9.59 Å². The first-order valence-electron chi connectivity index (χ1n) is 7.82. The highest BCUT2D eigenvalue weighted by Gasteiger charge is 2.32. The highest BCUT2D eigenvalue weighted by molar-refractivity contribution is 7.10. The lowest BCUT2D eigenvalue weighted by Gasteiger charge is -2.17. The summed E-state index contributed by atoms with van der Waals surface area (Å²) in [7, 11) is 0. The number of aromatic nitrogens is 1. The fourth-order valence-electron chi connectivity index (χ4n) is 3.01. The smallest absolute Gasteiger partial charge is 0.227 e. The molecule has 1 aliphatic carbocycles. The van der Waals surface area contributed by atoms with Crippen molar-refractivity contribution in [3.63, 3.8) is 0 Å². The number of hydrogen-bond acceptors (Lipinski definition) is 4. The molecule has 126 valence electrons. The molecular formula is C17H18FN3O2S. The molecule has 1 aromatic carbocycles. The van der Waals surface area contributed by atoms with Crippen molar-refractivity contribution in [3.8, 4) is 11.3 Å². The van der Waals surface area contributed by atoms with Crippen molar-refractivity contribution in [3.05, 3.63) is 40.5 Å². The predicted molar refractivity (Wildman–Crippen MR) is 89.7 cm³/mol. The molecule has 0 aliphatic heterocycles. The van der Waals surface area contributed by atoms with Crippen LogP contribution in [0.4, 0.5) is 4.39 Å². The van der Waals surface area contributed by atoms with E-state index in [4.69, 9.17) is 5.73 Å². The molecule has 0 spiro atoms. The highest BCUT2D eigenvalue weighted by atomic mass is 32.1. The van der Waals surface area contributed by atoms with Crippen molar-refractivity contribution >= 4 is 23.2 Å². The van der Waals surface area contributed by atoms with Gasteiger partial charge in [-0.15, -0.1) is 11.3 Å². The third-order valence-electron chi connectivity index (χ3n) is 4.23. The third kappa shape index (κ3) is 3.79. The fourth-order valence-corrected chi connectivity index (χ4v) is 3.82. The van der Waals surface area contributed by atoms with Crippen LogP contribution in [0.1, 0.15) is 24.3 Å². The van der Waals surface area contributed by atoms with E-state index >= 15 is 0 Å². The summed E-state index contributed by atoms with van der Waals surface area (Å²) in [5, 5.41) is 5.42. The first-order chi connectivity index (χ1) is 11.5. The number of benzene rings is 1. The van der Waals surface area contributed by atoms with Crippen molar-refractivity contribution in [2.45, 2.75) is 31.7 Å². The van der Waals surface area contributed by atoms with Gasteiger partial charge in [-0.1, -0.05) is 6.42 Å². The lowest BCUT2D eigenvalue weighted by atomic mass is 10.0. The summed E-state index contributed by atoms with van der Waals surface area (Å²) >= 11 is 1.38. The zero-order valence-electron chi connectivity index (χ0n) is 13.0. The molecular weight excluding hydrogens is 329 g/mol. The van der Waals surface area contributed by atoms with Gasteiger partial charge >= 0.3 is 0 Å². The first kappa shape index (κ1) is 16.6. The Morgan fingerprint density at radius 3 is 2.75 bits per heavy atom. The molecule has 2 amide bonds. The van der Waals surface area contributed by atoms with Gasteiger partial charge in [-0.05, 0) is 37.1 Å². The number of thiazole rings is 1. The maximum Gasteiger partial charge on any atom is 0.227 e. The molecule has 5 nitrogen and oxygen atoms in total. The maximum atomic E-state index is 13.0. The van der Waals surface area contributed by atoms with Gasteiger partial charge in [0.05, 0.1) is 18.0 Å². The Labute approximate surface area is 143 Å². The number of rotatable bonds is 5. The molecule has 1 aliphatic rings. The van der Waals surface area contributed by atoms with E-state index in [-0.39, 0.29) is 36.0 Å². The molecule has 2 atom stereocenters. The molecule has 3 N–H and O–H groups in total. The number of primary amides is 1. The fraction of sp³-hybridized carbons (Fsp3) is 0.353. The Balaban J connectivity index is 1.61. The van der Waals surface area contributed by atoms with E-state index in [0.29, 0.717) is 5.01 Å². The molecule has 1 fully saturated rings. The van der Waals surface area contributed by atoms with Crippen LogP contribution in [0, 0.1) is 11.7 Å². The summed E-state index contributed by atoms with van der Waals surface area (Å²) in [6.45, 7) is 0. The van der Waals surface area contributed by atoms with Gasteiger partial charge < -0.3 is 11.1 Å². The summed E-state index contributed by atoms with van der Waals surface area (Å²) in [5.41, 5.74) is 6.90. The van der Waals surface area contributed by atoms with Gasteiger partial charge in [0.15, 0.2) is 0 Å². The second-order valence-corrected chi connectivity index (χ2v) is 6.87. The van der Waals surface area contributed by atoms with Gasteiger partial charge in [-0.2, -0.15) is 0 Å². The predicted octanol–water partition coefficient (Wildman–Crippen LogP) is 2.26. The van der Waals surface area contributed by atoms with E-state index in [9.17, 15) is 14.0 Å². The van der Waals surface area contributed by atoms with Crippen LogP contribution in [0.25, 0.3) is 11.3 Å². The van der Waals surface area contributed by atoms with Crippen LogP contribution in [0.2, 0.25) is 0 Å². The number of nitrogens with zero attached hydrogens (tertiary/aromatic N) is 1. The number of amides is 2.